The van der Waals surface area contributed by atoms with Gasteiger partial charge in [0.05, 0.1) is 6.04 Å². The molecule has 0 radical (unpaired) electrons. The molecule has 0 aliphatic heterocycles. The number of carbonyl (C=O) groups excluding carboxylic acids is 1. The Morgan fingerprint density at radius 1 is 1.40 bits per heavy atom. The van der Waals surface area contributed by atoms with Crippen molar-refractivity contribution in [1.29, 1.82) is 0 Å². The number of halogens is 1. The molecule has 1 amide bonds. The number of carbonyl (C=O) groups is 1. The van der Waals surface area contributed by atoms with E-state index in [9.17, 15) is 4.79 Å². The molecule has 1 aromatic rings. The molecule has 0 bridgehead atoms. The summed E-state index contributed by atoms with van der Waals surface area (Å²) in [6.45, 7) is 3.84. The normalized spacial score (nSPS) is 14.3. The lowest BCUT2D eigenvalue weighted by atomic mass is 10.1. The lowest BCUT2D eigenvalue weighted by Gasteiger charge is -2.16. The van der Waals surface area contributed by atoms with Crippen molar-refractivity contribution in [3.63, 3.8) is 0 Å². The second-order valence-electron chi connectivity index (χ2n) is 3.52. The number of hydrogen-bond acceptors (Lipinski definition) is 1. The molecular weight excluding hydrogens is 210 g/mol. The Hall–Kier alpha value is -1.02. The minimum absolute atomic E-state index is 0.00602. The Morgan fingerprint density at radius 3 is 2.53 bits per heavy atom. The van der Waals surface area contributed by atoms with E-state index in [1.807, 2.05) is 44.2 Å². The fourth-order valence-electron chi connectivity index (χ4n) is 1.31. The molecule has 0 saturated carbocycles. The highest BCUT2D eigenvalue weighted by Crippen LogP contribution is 2.12. The lowest BCUT2D eigenvalue weighted by molar-refractivity contribution is -0.121. The molecule has 1 aromatic carbocycles. The molecule has 1 N–H and O–H groups in total. The molecule has 2 atom stereocenters. The lowest BCUT2D eigenvalue weighted by Crippen LogP contribution is -2.33. The van der Waals surface area contributed by atoms with E-state index in [1.54, 1.807) is 0 Å². The van der Waals surface area contributed by atoms with Gasteiger partial charge in [0.15, 0.2) is 0 Å². The summed E-state index contributed by atoms with van der Waals surface area (Å²) < 4.78 is 0. The molecule has 0 fully saturated rings. The zero-order valence-corrected chi connectivity index (χ0v) is 9.79. The molecule has 0 saturated heterocycles. The van der Waals surface area contributed by atoms with Crippen molar-refractivity contribution < 1.29 is 4.79 Å². The van der Waals surface area contributed by atoms with Crippen molar-refractivity contribution >= 4 is 17.5 Å². The third-order valence-corrected chi connectivity index (χ3v) is 2.81. The standard InChI is InChI=1S/C12H16ClNO/c1-3-11(13)12(15)14-9(2)10-7-5-4-6-8-10/h4-9,11H,3H2,1-2H3,(H,14,15)/t9?,11-/m1/s1. The Labute approximate surface area is 95.6 Å². The van der Waals surface area contributed by atoms with Gasteiger partial charge in [-0.05, 0) is 18.9 Å². The predicted octanol–water partition coefficient (Wildman–Crippen LogP) is 2.88. The van der Waals surface area contributed by atoms with Crippen molar-refractivity contribution in [2.24, 2.45) is 0 Å². The maximum atomic E-state index is 11.5. The van der Waals surface area contributed by atoms with Gasteiger partial charge in [-0.15, -0.1) is 11.6 Å². The summed E-state index contributed by atoms with van der Waals surface area (Å²) >= 11 is 5.84. The summed E-state index contributed by atoms with van der Waals surface area (Å²) in [5.41, 5.74) is 1.09. The molecule has 0 aliphatic carbocycles. The monoisotopic (exact) mass is 225 g/mol. The molecule has 0 aliphatic rings. The number of amides is 1. The zero-order chi connectivity index (χ0) is 11.3. The van der Waals surface area contributed by atoms with Crippen molar-refractivity contribution in [1.82, 2.24) is 5.32 Å². The Bertz CT molecular complexity index is 313. The molecular formula is C12H16ClNO. The second kappa shape index (κ2) is 5.76. The van der Waals surface area contributed by atoms with Crippen molar-refractivity contribution in [3.05, 3.63) is 35.9 Å². The highest BCUT2D eigenvalue weighted by molar-refractivity contribution is 6.30. The van der Waals surface area contributed by atoms with Gasteiger partial charge in [-0.25, -0.2) is 0 Å². The molecule has 0 spiro atoms. The quantitative estimate of drug-likeness (QED) is 0.785. The minimum Gasteiger partial charge on any atom is -0.348 e. The molecule has 15 heavy (non-hydrogen) atoms. The van der Waals surface area contributed by atoms with E-state index in [-0.39, 0.29) is 11.9 Å². The molecule has 1 unspecified atom stereocenters. The average Bonchev–Trinajstić information content (AvgIpc) is 2.29. The minimum atomic E-state index is -0.434. The second-order valence-corrected chi connectivity index (χ2v) is 4.04. The summed E-state index contributed by atoms with van der Waals surface area (Å²) in [5, 5.41) is 2.44. The van der Waals surface area contributed by atoms with E-state index in [1.165, 1.54) is 0 Å². The van der Waals surface area contributed by atoms with Crippen LogP contribution in [-0.2, 0) is 4.79 Å². The molecule has 1 rings (SSSR count). The van der Waals surface area contributed by atoms with Crippen LogP contribution in [0.3, 0.4) is 0 Å². The summed E-state index contributed by atoms with van der Waals surface area (Å²) in [6.07, 6.45) is 0.648. The first kappa shape index (κ1) is 12.1. The van der Waals surface area contributed by atoms with Gasteiger partial charge in [-0.2, -0.15) is 0 Å². The van der Waals surface area contributed by atoms with Gasteiger partial charge in [-0.1, -0.05) is 37.3 Å². The average molecular weight is 226 g/mol. The smallest absolute Gasteiger partial charge is 0.238 e. The fraction of sp³-hybridized carbons (Fsp3) is 0.417. The topological polar surface area (TPSA) is 29.1 Å². The van der Waals surface area contributed by atoms with Gasteiger partial charge in [0, 0.05) is 0 Å². The van der Waals surface area contributed by atoms with Crippen LogP contribution in [0, 0.1) is 0 Å². The number of benzene rings is 1. The van der Waals surface area contributed by atoms with Gasteiger partial charge in [0.1, 0.15) is 5.38 Å². The van der Waals surface area contributed by atoms with Gasteiger partial charge >= 0.3 is 0 Å². The van der Waals surface area contributed by atoms with E-state index >= 15 is 0 Å². The number of hydrogen-bond donors (Lipinski definition) is 1. The molecule has 0 aromatic heterocycles. The van der Waals surface area contributed by atoms with E-state index in [2.05, 4.69) is 5.32 Å². The first-order valence-electron chi connectivity index (χ1n) is 5.14. The fourth-order valence-corrected chi connectivity index (χ4v) is 1.38. The first-order valence-corrected chi connectivity index (χ1v) is 5.58. The van der Waals surface area contributed by atoms with Crippen molar-refractivity contribution in [3.8, 4) is 0 Å². The van der Waals surface area contributed by atoms with Crippen LogP contribution in [0.4, 0.5) is 0 Å². The van der Waals surface area contributed by atoms with Crippen LogP contribution in [0.25, 0.3) is 0 Å². The number of nitrogens with one attached hydrogen (secondary N) is 1. The summed E-state index contributed by atoms with van der Waals surface area (Å²) in [6, 6.07) is 9.84. The van der Waals surface area contributed by atoms with E-state index < -0.39 is 5.38 Å². The SMILES string of the molecule is CC[C@@H](Cl)C(=O)NC(C)c1ccccc1. The molecule has 82 valence electrons. The van der Waals surface area contributed by atoms with Crippen LogP contribution in [-0.4, -0.2) is 11.3 Å². The van der Waals surface area contributed by atoms with E-state index in [0.29, 0.717) is 6.42 Å². The largest absolute Gasteiger partial charge is 0.348 e. The van der Waals surface area contributed by atoms with Crippen LogP contribution >= 0.6 is 11.6 Å². The van der Waals surface area contributed by atoms with Crippen LogP contribution in [0.2, 0.25) is 0 Å². The number of rotatable bonds is 4. The van der Waals surface area contributed by atoms with Crippen LogP contribution < -0.4 is 5.32 Å². The maximum absolute atomic E-state index is 11.5. The van der Waals surface area contributed by atoms with E-state index in [0.717, 1.165) is 5.56 Å². The predicted molar refractivity (Wildman–Crippen MR) is 62.9 cm³/mol. The third-order valence-electron chi connectivity index (χ3n) is 2.30. The molecule has 2 nitrogen and oxygen atoms in total. The molecule has 3 heteroatoms. The van der Waals surface area contributed by atoms with Crippen LogP contribution in [0.5, 0.6) is 0 Å². The molecule has 0 heterocycles. The van der Waals surface area contributed by atoms with Gasteiger partial charge in [0.25, 0.3) is 0 Å². The Kier molecular flexibility index (Phi) is 4.63. The van der Waals surface area contributed by atoms with Crippen molar-refractivity contribution in [2.45, 2.75) is 31.7 Å². The highest BCUT2D eigenvalue weighted by Gasteiger charge is 2.15. The van der Waals surface area contributed by atoms with Crippen LogP contribution in [0.15, 0.2) is 30.3 Å². The summed E-state index contributed by atoms with van der Waals surface area (Å²) in [4.78, 5) is 11.5. The van der Waals surface area contributed by atoms with Gasteiger partial charge in [0.2, 0.25) is 5.91 Å². The van der Waals surface area contributed by atoms with Crippen molar-refractivity contribution in [2.75, 3.05) is 0 Å². The van der Waals surface area contributed by atoms with Gasteiger partial charge < -0.3 is 5.32 Å². The highest BCUT2D eigenvalue weighted by atomic mass is 35.5. The Morgan fingerprint density at radius 2 is 2.00 bits per heavy atom. The third kappa shape index (κ3) is 3.56. The Balaban J connectivity index is 2.56. The summed E-state index contributed by atoms with van der Waals surface area (Å²) in [7, 11) is 0. The maximum Gasteiger partial charge on any atom is 0.238 e. The first-order chi connectivity index (χ1) is 7.15. The van der Waals surface area contributed by atoms with Crippen LogP contribution in [0.1, 0.15) is 31.9 Å². The zero-order valence-electron chi connectivity index (χ0n) is 9.03. The van der Waals surface area contributed by atoms with Gasteiger partial charge in [-0.3, -0.25) is 4.79 Å². The summed E-state index contributed by atoms with van der Waals surface area (Å²) in [5.74, 6) is -0.101. The number of alkyl halides is 1. The van der Waals surface area contributed by atoms with E-state index in [4.69, 9.17) is 11.6 Å².